The molecule has 1 aliphatic rings. The highest BCUT2D eigenvalue weighted by Gasteiger charge is 2.34. The summed E-state index contributed by atoms with van der Waals surface area (Å²) in [7, 11) is 0. The van der Waals surface area contributed by atoms with E-state index < -0.39 is 0 Å². The fourth-order valence-corrected chi connectivity index (χ4v) is 1.79. The third-order valence-electron chi connectivity index (χ3n) is 2.52. The van der Waals surface area contributed by atoms with Gasteiger partial charge in [0.25, 0.3) is 5.91 Å². The van der Waals surface area contributed by atoms with Crippen LogP contribution in [0.15, 0.2) is 18.2 Å². The maximum Gasteiger partial charge on any atom is 0.252 e. The number of carbonyl (C=O) groups is 1. The van der Waals surface area contributed by atoms with Crippen molar-refractivity contribution >= 4 is 5.91 Å². The molecule has 0 saturated carbocycles. The quantitative estimate of drug-likeness (QED) is 0.641. The average molecular weight is 175 g/mol. The van der Waals surface area contributed by atoms with E-state index >= 15 is 0 Å². The van der Waals surface area contributed by atoms with Crippen LogP contribution in [0.2, 0.25) is 0 Å². The molecule has 1 aromatic carbocycles. The van der Waals surface area contributed by atoms with E-state index in [2.05, 4.69) is 11.4 Å². The van der Waals surface area contributed by atoms with Crippen LogP contribution in [0.25, 0.3) is 0 Å². The van der Waals surface area contributed by atoms with Crippen LogP contribution in [0, 0.1) is 6.92 Å². The van der Waals surface area contributed by atoms with Gasteiger partial charge in [0, 0.05) is 5.56 Å². The molecule has 68 valence electrons. The van der Waals surface area contributed by atoms with Gasteiger partial charge in [-0.1, -0.05) is 17.7 Å². The summed E-state index contributed by atoms with van der Waals surface area (Å²) in [4.78, 5) is 11.5. The summed E-state index contributed by atoms with van der Waals surface area (Å²) in [5.74, 6) is 0.0417. The summed E-state index contributed by atoms with van der Waals surface area (Å²) < 4.78 is 0. The number of fused-ring (bicyclic) bond motifs is 1. The second-order valence-corrected chi connectivity index (χ2v) is 4.13. The van der Waals surface area contributed by atoms with Crippen molar-refractivity contribution < 1.29 is 4.79 Å². The lowest BCUT2D eigenvalue weighted by molar-refractivity contribution is 0.0940. The number of rotatable bonds is 0. The average Bonchev–Trinajstić information content (AvgIpc) is 2.23. The van der Waals surface area contributed by atoms with Crippen molar-refractivity contribution in [1.29, 1.82) is 0 Å². The first-order valence-corrected chi connectivity index (χ1v) is 4.44. The van der Waals surface area contributed by atoms with Crippen LogP contribution in [0.3, 0.4) is 0 Å². The topological polar surface area (TPSA) is 29.1 Å². The molecule has 1 N–H and O–H groups in total. The van der Waals surface area contributed by atoms with Crippen molar-refractivity contribution in [2.24, 2.45) is 0 Å². The molecule has 0 aromatic heterocycles. The standard InChI is InChI=1S/C11H13NO/c1-7-4-5-8-9(6-7)11(2,3)12-10(8)13/h4-6H,1-3H3,(H,12,13). The van der Waals surface area contributed by atoms with E-state index in [1.165, 1.54) is 5.56 Å². The molecule has 2 nitrogen and oxygen atoms in total. The van der Waals surface area contributed by atoms with E-state index in [1.807, 2.05) is 32.9 Å². The number of amides is 1. The third kappa shape index (κ3) is 1.13. The highest BCUT2D eigenvalue weighted by Crippen LogP contribution is 2.30. The highest BCUT2D eigenvalue weighted by molar-refractivity contribution is 5.99. The minimum absolute atomic E-state index is 0.0417. The van der Waals surface area contributed by atoms with Crippen LogP contribution in [0.4, 0.5) is 0 Å². The van der Waals surface area contributed by atoms with Gasteiger partial charge in [0.2, 0.25) is 0 Å². The van der Waals surface area contributed by atoms with Crippen LogP contribution in [-0.2, 0) is 5.54 Å². The molecule has 13 heavy (non-hydrogen) atoms. The lowest BCUT2D eigenvalue weighted by atomic mass is 9.93. The van der Waals surface area contributed by atoms with E-state index in [4.69, 9.17) is 0 Å². The predicted octanol–water partition coefficient (Wildman–Crippen LogP) is 1.97. The maximum atomic E-state index is 11.5. The number of carbonyl (C=O) groups excluding carboxylic acids is 1. The van der Waals surface area contributed by atoms with Crippen molar-refractivity contribution in [2.75, 3.05) is 0 Å². The van der Waals surface area contributed by atoms with Gasteiger partial charge >= 0.3 is 0 Å². The second kappa shape index (κ2) is 2.34. The van der Waals surface area contributed by atoms with Crippen LogP contribution in [0.5, 0.6) is 0 Å². The fourth-order valence-electron chi connectivity index (χ4n) is 1.79. The Morgan fingerprint density at radius 2 is 2.00 bits per heavy atom. The number of aryl methyl sites for hydroxylation is 1. The molecular formula is C11H13NO. The van der Waals surface area contributed by atoms with Crippen molar-refractivity contribution in [3.8, 4) is 0 Å². The van der Waals surface area contributed by atoms with Gasteiger partial charge in [0.1, 0.15) is 0 Å². The Morgan fingerprint density at radius 3 is 2.69 bits per heavy atom. The predicted molar refractivity (Wildman–Crippen MR) is 51.7 cm³/mol. The van der Waals surface area contributed by atoms with Gasteiger partial charge in [-0.05, 0) is 32.4 Å². The van der Waals surface area contributed by atoms with Crippen molar-refractivity contribution in [2.45, 2.75) is 26.3 Å². The maximum absolute atomic E-state index is 11.5. The first-order chi connectivity index (χ1) is 6.00. The molecule has 0 atom stereocenters. The van der Waals surface area contributed by atoms with Crippen LogP contribution < -0.4 is 5.32 Å². The summed E-state index contributed by atoms with van der Waals surface area (Å²) in [6, 6.07) is 5.95. The molecule has 0 radical (unpaired) electrons. The fraction of sp³-hybridized carbons (Fsp3) is 0.364. The summed E-state index contributed by atoms with van der Waals surface area (Å²) in [6.45, 7) is 6.09. The minimum atomic E-state index is -0.210. The van der Waals surface area contributed by atoms with Gasteiger partial charge in [0.15, 0.2) is 0 Å². The Hall–Kier alpha value is -1.31. The van der Waals surface area contributed by atoms with Crippen LogP contribution >= 0.6 is 0 Å². The smallest absolute Gasteiger partial charge is 0.252 e. The molecular weight excluding hydrogens is 162 g/mol. The Bertz CT molecular complexity index is 380. The summed E-state index contributed by atoms with van der Waals surface area (Å²) >= 11 is 0. The molecule has 0 unspecified atom stereocenters. The largest absolute Gasteiger partial charge is 0.343 e. The van der Waals surface area contributed by atoms with Gasteiger partial charge < -0.3 is 5.32 Å². The van der Waals surface area contributed by atoms with Gasteiger partial charge in [-0.2, -0.15) is 0 Å². The zero-order chi connectivity index (χ0) is 9.64. The molecule has 2 rings (SSSR count). The van der Waals surface area contributed by atoms with Crippen LogP contribution in [0.1, 0.15) is 35.3 Å². The number of hydrogen-bond donors (Lipinski definition) is 1. The first kappa shape index (κ1) is 8.30. The zero-order valence-electron chi connectivity index (χ0n) is 8.14. The number of hydrogen-bond acceptors (Lipinski definition) is 1. The van der Waals surface area contributed by atoms with Gasteiger partial charge in [0.05, 0.1) is 5.54 Å². The first-order valence-electron chi connectivity index (χ1n) is 4.44. The zero-order valence-corrected chi connectivity index (χ0v) is 8.14. The molecule has 1 aliphatic heterocycles. The van der Waals surface area contributed by atoms with Crippen molar-refractivity contribution in [1.82, 2.24) is 5.32 Å². The van der Waals surface area contributed by atoms with Gasteiger partial charge in [-0.3, -0.25) is 4.79 Å². The van der Waals surface area contributed by atoms with E-state index in [9.17, 15) is 4.79 Å². The van der Waals surface area contributed by atoms with Gasteiger partial charge in [-0.25, -0.2) is 0 Å². The number of benzene rings is 1. The summed E-state index contributed by atoms with van der Waals surface area (Å²) in [5, 5.41) is 2.95. The Labute approximate surface area is 78.0 Å². The van der Waals surface area contributed by atoms with E-state index in [1.54, 1.807) is 0 Å². The molecule has 1 aromatic rings. The van der Waals surface area contributed by atoms with Crippen LogP contribution in [-0.4, -0.2) is 5.91 Å². The Kier molecular flexibility index (Phi) is 1.50. The molecule has 0 aliphatic carbocycles. The molecule has 2 heteroatoms. The minimum Gasteiger partial charge on any atom is -0.343 e. The molecule has 1 amide bonds. The SMILES string of the molecule is Cc1ccc2c(c1)C(C)(C)NC2=O. The monoisotopic (exact) mass is 175 g/mol. The van der Waals surface area contributed by atoms with Crippen molar-refractivity contribution in [3.05, 3.63) is 34.9 Å². The molecule has 0 bridgehead atoms. The number of nitrogens with one attached hydrogen (secondary N) is 1. The normalized spacial score (nSPS) is 18.2. The third-order valence-corrected chi connectivity index (χ3v) is 2.52. The van der Waals surface area contributed by atoms with Crippen molar-refractivity contribution in [3.63, 3.8) is 0 Å². The van der Waals surface area contributed by atoms with E-state index in [0.717, 1.165) is 11.1 Å². The van der Waals surface area contributed by atoms with E-state index in [-0.39, 0.29) is 11.4 Å². The Balaban J connectivity index is 2.66. The van der Waals surface area contributed by atoms with E-state index in [0.29, 0.717) is 0 Å². The lowest BCUT2D eigenvalue weighted by Gasteiger charge is -2.19. The lowest BCUT2D eigenvalue weighted by Crippen LogP contribution is -2.32. The Morgan fingerprint density at radius 1 is 1.31 bits per heavy atom. The molecule has 0 spiro atoms. The molecule has 1 heterocycles. The summed E-state index contributed by atoms with van der Waals surface area (Å²) in [6.07, 6.45) is 0. The van der Waals surface area contributed by atoms with Gasteiger partial charge in [-0.15, -0.1) is 0 Å². The highest BCUT2D eigenvalue weighted by atomic mass is 16.2. The molecule has 0 saturated heterocycles. The second-order valence-electron chi connectivity index (χ2n) is 4.13. The molecule has 0 fully saturated rings. The summed E-state index contributed by atoms with van der Waals surface area (Å²) in [5.41, 5.74) is 2.91.